The van der Waals surface area contributed by atoms with Gasteiger partial charge in [-0.3, -0.25) is 4.79 Å². The lowest BCUT2D eigenvalue weighted by Gasteiger charge is -2.26. The molecule has 0 spiro atoms. The highest BCUT2D eigenvalue weighted by Gasteiger charge is 2.30. The fraction of sp³-hybridized carbons (Fsp3) is 0.900. The standard InChI is InChI=1S/C10H20O3/c1-10(2,3)8(9(12)13)6-4-5-7-11/h8,11H,4-7H2,1-3H3,(H,12,13). The molecule has 0 fully saturated rings. The molecule has 3 nitrogen and oxygen atoms in total. The summed E-state index contributed by atoms with van der Waals surface area (Å²) in [7, 11) is 0. The third-order valence-corrected chi connectivity index (χ3v) is 2.24. The lowest BCUT2D eigenvalue weighted by molar-refractivity contribution is -0.145. The van der Waals surface area contributed by atoms with E-state index in [-0.39, 0.29) is 17.9 Å². The predicted molar refractivity (Wildman–Crippen MR) is 51.5 cm³/mol. The fourth-order valence-corrected chi connectivity index (χ4v) is 1.39. The van der Waals surface area contributed by atoms with Crippen LogP contribution in [0.15, 0.2) is 0 Å². The van der Waals surface area contributed by atoms with Crippen molar-refractivity contribution in [3.8, 4) is 0 Å². The van der Waals surface area contributed by atoms with E-state index in [0.29, 0.717) is 12.8 Å². The average molecular weight is 188 g/mol. The van der Waals surface area contributed by atoms with E-state index in [4.69, 9.17) is 10.2 Å². The molecule has 13 heavy (non-hydrogen) atoms. The van der Waals surface area contributed by atoms with Crippen LogP contribution in [0.4, 0.5) is 0 Å². The van der Waals surface area contributed by atoms with Crippen LogP contribution in [0.2, 0.25) is 0 Å². The van der Waals surface area contributed by atoms with E-state index in [0.717, 1.165) is 6.42 Å². The molecule has 0 heterocycles. The number of unbranched alkanes of at least 4 members (excludes halogenated alkanes) is 1. The van der Waals surface area contributed by atoms with Gasteiger partial charge in [0.15, 0.2) is 0 Å². The third kappa shape index (κ3) is 4.88. The van der Waals surface area contributed by atoms with Gasteiger partial charge in [-0.2, -0.15) is 0 Å². The number of carboxylic acid groups (broad SMARTS) is 1. The third-order valence-electron chi connectivity index (χ3n) is 2.24. The molecule has 0 radical (unpaired) electrons. The molecule has 0 amide bonds. The van der Waals surface area contributed by atoms with Gasteiger partial charge in [0.25, 0.3) is 0 Å². The molecule has 0 aromatic carbocycles. The quantitative estimate of drug-likeness (QED) is 0.648. The molecular formula is C10H20O3. The maximum absolute atomic E-state index is 10.9. The molecule has 0 aliphatic carbocycles. The Hall–Kier alpha value is -0.570. The minimum Gasteiger partial charge on any atom is -0.481 e. The minimum absolute atomic E-state index is 0.149. The van der Waals surface area contributed by atoms with Gasteiger partial charge in [0.05, 0.1) is 5.92 Å². The number of hydrogen-bond acceptors (Lipinski definition) is 2. The summed E-state index contributed by atoms with van der Waals surface area (Å²) in [5.41, 5.74) is -0.193. The Kier molecular flexibility index (Phi) is 4.99. The van der Waals surface area contributed by atoms with Gasteiger partial charge in [-0.1, -0.05) is 27.2 Å². The molecule has 0 aromatic rings. The molecule has 0 bridgehead atoms. The van der Waals surface area contributed by atoms with E-state index in [1.54, 1.807) is 0 Å². The SMILES string of the molecule is CC(C)(C)C(CCCCO)C(=O)O. The van der Waals surface area contributed by atoms with Crippen LogP contribution in [0.5, 0.6) is 0 Å². The highest BCUT2D eigenvalue weighted by molar-refractivity contribution is 5.70. The first kappa shape index (κ1) is 12.4. The van der Waals surface area contributed by atoms with E-state index in [1.807, 2.05) is 20.8 Å². The van der Waals surface area contributed by atoms with Crippen LogP contribution in [0.3, 0.4) is 0 Å². The molecule has 2 N–H and O–H groups in total. The molecule has 0 rings (SSSR count). The van der Waals surface area contributed by atoms with Gasteiger partial charge >= 0.3 is 5.97 Å². The van der Waals surface area contributed by atoms with Crippen molar-refractivity contribution in [2.75, 3.05) is 6.61 Å². The topological polar surface area (TPSA) is 57.5 Å². The van der Waals surface area contributed by atoms with Crippen molar-refractivity contribution < 1.29 is 15.0 Å². The Morgan fingerprint density at radius 2 is 1.85 bits per heavy atom. The summed E-state index contributed by atoms with van der Waals surface area (Å²) < 4.78 is 0. The zero-order valence-corrected chi connectivity index (χ0v) is 8.71. The van der Waals surface area contributed by atoms with Crippen molar-refractivity contribution in [2.45, 2.75) is 40.0 Å². The molecule has 3 heteroatoms. The Labute approximate surface area is 79.8 Å². The summed E-state index contributed by atoms with van der Waals surface area (Å²) in [5, 5.41) is 17.5. The van der Waals surface area contributed by atoms with Crippen molar-refractivity contribution >= 4 is 5.97 Å². The maximum Gasteiger partial charge on any atom is 0.307 e. The normalized spacial score (nSPS) is 14.2. The summed E-state index contributed by atoms with van der Waals surface area (Å²) in [6, 6.07) is 0. The lowest BCUT2D eigenvalue weighted by Crippen LogP contribution is -2.28. The van der Waals surface area contributed by atoms with Gasteiger partial charge in [0.1, 0.15) is 0 Å². The van der Waals surface area contributed by atoms with Gasteiger partial charge in [-0.05, 0) is 18.3 Å². The Morgan fingerprint density at radius 1 is 1.31 bits per heavy atom. The van der Waals surface area contributed by atoms with Crippen LogP contribution in [-0.4, -0.2) is 22.8 Å². The van der Waals surface area contributed by atoms with E-state index in [9.17, 15) is 4.79 Å². The van der Waals surface area contributed by atoms with Gasteiger partial charge < -0.3 is 10.2 Å². The maximum atomic E-state index is 10.9. The molecule has 0 saturated carbocycles. The van der Waals surface area contributed by atoms with Crippen LogP contribution in [0, 0.1) is 11.3 Å². The van der Waals surface area contributed by atoms with E-state index in [2.05, 4.69) is 0 Å². The molecule has 78 valence electrons. The van der Waals surface area contributed by atoms with Crippen LogP contribution in [0.25, 0.3) is 0 Å². The first-order valence-corrected chi connectivity index (χ1v) is 4.73. The monoisotopic (exact) mass is 188 g/mol. The highest BCUT2D eigenvalue weighted by Crippen LogP contribution is 2.30. The second-order valence-electron chi connectivity index (χ2n) is 4.48. The molecule has 1 atom stereocenters. The Balaban J connectivity index is 4.04. The fourth-order valence-electron chi connectivity index (χ4n) is 1.39. The zero-order valence-electron chi connectivity index (χ0n) is 8.71. The number of aliphatic hydroxyl groups is 1. The van der Waals surface area contributed by atoms with Crippen LogP contribution in [-0.2, 0) is 4.79 Å². The Morgan fingerprint density at radius 3 is 2.15 bits per heavy atom. The van der Waals surface area contributed by atoms with Crippen molar-refractivity contribution in [1.29, 1.82) is 0 Å². The summed E-state index contributed by atoms with van der Waals surface area (Å²) in [5.74, 6) is -1.04. The molecular weight excluding hydrogens is 168 g/mol. The van der Waals surface area contributed by atoms with Crippen LogP contribution in [0.1, 0.15) is 40.0 Å². The van der Waals surface area contributed by atoms with Gasteiger partial charge in [0.2, 0.25) is 0 Å². The highest BCUT2D eigenvalue weighted by atomic mass is 16.4. The molecule has 0 aromatic heterocycles. The number of aliphatic hydroxyl groups excluding tert-OH is 1. The number of hydrogen-bond donors (Lipinski definition) is 2. The van der Waals surface area contributed by atoms with Gasteiger partial charge in [0, 0.05) is 6.61 Å². The van der Waals surface area contributed by atoms with Gasteiger partial charge in [-0.15, -0.1) is 0 Å². The van der Waals surface area contributed by atoms with E-state index < -0.39 is 5.97 Å². The predicted octanol–water partition coefficient (Wildman–Crippen LogP) is 1.90. The first-order valence-electron chi connectivity index (χ1n) is 4.73. The van der Waals surface area contributed by atoms with E-state index in [1.165, 1.54) is 0 Å². The smallest absolute Gasteiger partial charge is 0.307 e. The summed E-state index contributed by atoms with van der Waals surface area (Å²) in [6.07, 6.45) is 2.13. The molecule has 1 unspecified atom stereocenters. The zero-order chi connectivity index (χ0) is 10.5. The van der Waals surface area contributed by atoms with Crippen molar-refractivity contribution in [2.24, 2.45) is 11.3 Å². The van der Waals surface area contributed by atoms with Crippen molar-refractivity contribution in [1.82, 2.24) is 0 Å². The lowest BCUT2D eigenvalue weighted by atomic mass is 9.78. The first-order chi connectivity index (χ1) is 5.89. The van der Waals surface area contributed by atoms with Crippen LogP contribution < -0.4 is 0 Å². The largest absolute Gasteiger partial charge is 0.481 e. The molecule has 0 aliphatic heterocycles. The summed E-state index contributed by atoms with van der Waals surface area (Å²) in [4.78, 5) is 10.9. The van der Waals surface area contributed by atoms with Crippen molar-refractivity contribution in [3.05, 3.63) is 0 Å². The summed E-state index contributed by atoms with van der Waals surface area (Å²) in [6.45, 7) is 5.96. The van der Waals surface area contributed by atoms with E-state index >= 15 is 0 Å². The van der Waals surface area contributed by atoms with Gasteiger partial charge in [-0.25, -0.2) is 0 Å². The molecule has 0 aliphatic rings. The van der Waals surface area contributed by atoms with Crippen molar-refractivity contribution in [3.63, 3.8) is 0 Å². The number of carbonyl (C=O) groups is 1. The molecule has 0 saturated heterocycles. The summed E-state index contributed by atoms with van der Waals surface area (Å²) >= 11 is 0. The van der Waals surface area contributed by atoms with Crippen LogP contribution >= 0.6 is 0 Å². The Bertz CT molecular complexity index is 158. The minimum atomic E-state index is -0.731. The second-order valence-corrected chi connectivity index (χ2v) is 4.48. The number of aliphatic carboxylic acids is 1. The number of rotatable bonds is 5. The number of carboxylic acids is 1. The second kappa shape index (κ2) is 5.22. The average Bonchev–Trinajstić information content (AvgIpc) is 1.94.